The van der Waals surface area contributed by atoms with E-state index >= 15 is 0 Å². The number of imide groups is 1. The lowest BCUT2D eigenvalue weighted by molar-refractivity contribution is -0.162. The van der Waals surface area contributed by atoms with Crippen LogP contribution in [0.15, 0.2) is 24.3 Å². The monoisotopic (exact) mass is 498 g/mol. The summed E-state index contributed by atoms with van der Waals surface area (Å²) in [6.07, 6.45) is 4.54. The van der Waals surface area contributed by atoms with Crippen LogP contribution in [0.3, 0.4) is 0 Å². The summed E-state index contributed by atoms with van der Waals surface area (Å²) >= 11 is 0. The maximum absolute atomic E-state index is 13.2. The number of benzene rings is 1. The number of amides is 3. The Morgan fingerprint density at radius 3 is 2.17 bits per heavy atom. The summed E-state index contributed by atoms with van der Waals surface area (Å²) in [6, 6.07) is 5.14. The van der Waals surface area contributed by atoms with Gasteiger partial charge < -0.3 is 14.8 Å². The zero-order valence-electron chi connectivity index (χ0n) is 21.0. The van der Waals surface area contributed by atoms with Gasteiger partial charge in [0.2, 0.25) is 11.8 Å². The van der Waals surface area contributed by atoms with Gasteiger partial charge in [0.15, 0.2) is 6.61 Å². The first-order valence-corrected chi connectivity index (χ1v) is 12.8. The SMILES string of the molecule is CCCCOC(=O)c1ccc(NC(=O)COC(=O)[C@@H](C(C)C)N2C(=O)[C@@H]3[C@H]4CC[C@@H](C4)[C@@H]3C2=O)cc1. The molecule has 0 unspecified atom stereocenters. The van der Waals surface area contributed by atoms with Gasteiger partial charge in [0.25, 0.3) is 5.91 Å². The lowest BCUT2D eigenvalue weighted by atomic mass is 9.81. The number of nitrogens with zero attached hydrogens (tertiary/aromatic N) is 1. The Morgan fingerprint density at radius 2 is 1.61 bits per heavy atom. The molecule has 3 aliphatic rings. The molecular weight excluding hydrogens is 464 g/mol. The third kappa shape index (κ3) is 5.01. The predicted octanol–water partition coefficient (Wildman–Crippen LogP) is 3.18. The van der Waals surface area contributed by atoms with Gasteiger partial charge in [-0.1, -0.05) is 27.2 Å². The zero-order chi connectivity index (χ0) is 26.0. The fraction of sp³-hybridized carbons (Fsp3) is 0.593. The molecule has 36 heavy (non-hydrogen) atoms. The molecule has 9 nitrogen and oxygen atoms in total. The van der Waals surface area contributed by atoms with Crippen molar-refractivity contribution in [1.82, 2.24) is 4.90 Å². The van der Waals surface area contributed by atoms with Crippen molar-refractivity contribution in [3.63, 3.8) is 0 Å². The molecule has 3 fully saturated rings. The van der Waals surface area contributed by atoms with Gasteiger partial charge in [-0.15, -0.1) is 0 Å². The average Bonchev–Trinajstić information content (AvgIpc) is 3.53. The van der Waals surface area contributed by atoms with E-state index in [1.807, 2.05) is 6.92 Å². The standard InChI is InChI=1S/C27H34N2O7/c1-4-5-12-35-26(33)16-8-10-19(11-9-16)28-20(30)14-36-27(34)23(15(2)3)29-24(31)21-17-6-7-18(13-17)22(21)25(29)32/h8-11,15,17-18,21-23H,4-7,12-14H2,1-3H3,(H,28,30)/t17-,18-,21-,22+,23+/m0/s1. The maximum Gasteiger partial charge on any atom is 0.338 e. The number of rotatable bonds is 10. The van der Waals surface area contributed by atoms with E-state index in [0.717, 1.165) is 37.0 Å². The molecular formula is C27H34N2O7. The molecule has 1 N–H and O–H groups in total. The number of ether oxygens (including phenoxy) is 2. The number of anilines is 1. The molecule has 1 heterocycles. The van der Waals surface area contributed by atoms with Crippen molar-refractivity contribution in [2.75, 3.05) is 18.5 Å². The topological polar surface area (TPSA) is 119 Å². The molecule has 9 heteroatoms. The van der Waals surface area contributed by atoms with E-state index in [2.05, 4.69) is 5.32 Å². The number of esters is 2. The Morgan fingerprint density at radius 1 is 1.00 bits per heavy atom. The van der Waals surface area contributed by atoms with Crippen LogP contribution in [0.25, 0.3) is 0 Å². The maximum atomic E-state index is 13.2. The second kappa shape index (κ2) is 10.8. The Bertz CT molecular complexity index is 1010. The second-order valence-corrected chi connectivity index (χ2v) is 10.3. The highest BCUT2D eigenvalue weighted by molar-refractivity contribution is 6.08. The first-order valence-electron chi connectivity index (χ1n) is 12.8. The van der Waals surface area contributed by atoms with Crippen LogP contribution >= 0.6 is 0 Å². The predicted molar refractivity (Wildman–Crippen MR) is 130 cm³/mol. The lowest BCUT2D eigenvalue weighted by Crippen LogP contribution is -2.50. The Kier molecular flexibility index (Phi) is 7.76. The Labute approximate surface area is 210 Å². The average molecular weight is 499 g/mol. The highest BCUT2D eigenvalue weighted by Gasteiger charge is 2.62. The van der Waals surface area contributed by atoms with Crippen LogP contribution in [0, 0.1) is 29.6 Å². The summed E-state index contributed by atoms with van der Waals surface area (Å²) in [6.45, 7) is 5.31. The van der Waals surface area contributed by atoms with Crippen LogP contribution in [0.5, 0.6) is 0 Å². The van der Waals surface area contributed by atoms with Crippen molar-refractivity contribution in [2.24, 2.45) is 29.6 Å². The molecule has 2 aliphatic carbocycles. The third-order valence-electron chi connectivity index (χ3n) is 7.59. The minimum absolute atomic E-state index is 0.223. The Hall–Kier alpha value is -3.23. The lowest BCUT2D eigenvalue weighted by Gasteiger charge is -2.28. The third-order valence-corrected chi connectivity index (χ3v) is 7.59. The Balaban J connectivity index is 1.31. The van der Waals surface area contributed by atoms with E-state index in [4.69, 9.17) is 9.47 Å². The van der Waals surface area contributed by atoms with Crippen LogP contribution in [0.1, 0.15) is 63.2 Å². The molecule has 3 amide bonds. The molecule has 0 spiro atoms. The number of carbonyl (C=O) groups is 5. The molecule has 4 rings (SSSR count). The van der Waals surface area contributed by atoms with E-state index in [1.165, 1.54) is 0 Å². The molecule has 2 bridgehead atoms. The molecule has 0 aromatic heterocycles. The van der Waals surface area contributed by atoms with E-state index in [9.17, 15) is 24.0 Å². The van der Waals surface area contributed by atoms with Gasteiger partial charge in [0, 0.05) is 5.69 Å². The number of hydrogen-bond acceptors (Lipinski definition) is 7. The molecule has 1 aromatic rings. The molecule has 1 aromatic carbocycles. The highest BCUT2D eigenvalue weighted by Crippen LogP contribution is 2.56. The van der Waals surface area contributed by atoms with Gasteiger partial charge in [0.1, 0.15) is 6.04 Å². The van der Waals surface area contributed by atoms with Crippen LogP contribution in [-0.2, 0) is 28.7 Å². The first-order chi connectivity index (χ1) is 17.2. The smallest absolute Gasteiger partial charge is 0.338 e. The number of nitrogens with one attached hydrogen (secondary N) is 1. The van der Waals surface area contributed by atoms with E-state index in [0.29, 0.717) is 17.9 Å². The highest BCUT2D eigenvalue weighted by atomic mass is 16.5. The molecule has 0 radical (unpaired) electrons. The molecule has 1 aliphatic heterocycles. The molecule has 1 saturated heterocycles. The quantitative estimate of drug-likeness (QED) is 0.299. The number of likely N-dealkylation sites (tertiary alicyclic amines) is 1. The number of carbonyl (C=O) groups excluding carboxylic acids is 5. The van der Waals surface area contributed by atoms with Crippen molar-refractivity contribution in [3.05, 3.63) is 29.8 Å². The van der Waals surface area contributed by atoms with Crippen molar-refractivity contribution in [1.29, 1.82) is 0 Å². The molecule has 2 saturated carbocycles. The minimum Gasteiger partial charge on any atom is -0.462 e. The van der Waals surface area contributed by atoms with Gasteiger partial charge in [-0.25, -0.2) is 9.59 Å². The van der Waals surface area contributed by atoms with Gasteiger partial charge in [-0.2, -0.15) is 0 Å². The van der Waals surface area contributed by atoms with Gasteiger partial charge in [0.05, 0.1) is 24.0 Å². The van der Waals surface area contributed by atoms with Crippen molar-refractivity contribution in [3.8, 4) is 0 Å². The van der Waals surface area contributed by atoms with Crippen LogP contribution in [0.4, 0.5) is 5.69 Å². The van der Waals surface area contributed by atoms with E-state index < -0.39 is 30.5 Å². The molecule has 5 atom stereocenters. The molecule has 194 valence electrons. The summed E-state index contributed by atoms with van der Waals surface area (Å²) in [7, 11) is 0. The van der Waals surface area contributed by atoms with Crippen molar-refractivity contribution >= 4 is 35.3 Å². The summed E-state index contributed by atoms with van der Waals surface area (Å²) in [4.78, 5) is 64.7. The van der Waals surface area contributed by atoms with Gasteiger partial charge >= 0.3 is 11.9 Å². The number of hydrogen-bond donors (Lipinski definition) is 1. The minimum atomic E-state index is -1.05. The van der Waals surface area contributed by atoms with E-state index in [-0.39, 0.29) is 41.4 Å². The van der Waals surface area contributed by atoms with Crippen LogP contribution in [0.2, 0.25) is 0 Å². The fourth-order valence-electron chi connectivity index (χ4n) is 5.88. The van der Waals surface area contributed by atoms with Crippen LogP contribution in [-0.4, -0.2) is 53.8 Å². The summed E-state index contributed by atoms with van der Waals surface area (Å²) in [5.41, 5.74) is 0.795. The fourth-order valence-corrected chi connectivity index (χ4v) is 5.88. The summed E-state index contributed by atoms with van der Waals surface area (Å²) in [5, 5.41) is 2.61. The van der Waals surface area contributed by atoms with E-state index in [1.54, 1.807) is 38.1 Å². The summed E-state index contributed by atoms with van der Waals surface area (Å²) < 4.78 is 10.4. The normalized spacial score (nSPS) is 25.2. The van der Waals surface area contributed by atoms with Gasteiger partial charge in [-0.05, 0) is 67.7 Å². The first kappa shape index (κ1) is 25.9. The van der Waals surface area contributed by atoms with Crippen LogP contribution < -0.4 is 5.32 Å². The number of unbranched alkanes of at least 4 members (excludes halogenated alkanes) is 1. The van der Waals surface area contributed by atoms with Crippen molar-refractivity contribution in [2.45, 2.75) is 58.9 Å². The second-order valence-electron chi connectivity index (χ2n) is 10.3. The van der Waals surface area contributed by atoms with Gasteiger partial charge in [-0.3, -0.25) is 19.3 Å². The summed E-state index contributed by atoms with van der Waals surface area (Å²) in [5.74, 6) is -2.86. The number of fused-ring (bicyclic) bond motifs is 5. The largest absolute Gasteiger partial charge is 0.462 e. The van der Waals surface area contributed by atoms with Crippen molar-refractivity contribution < 1.29 is 33.4 Å². The zero-order valence-corrected chi connectivity index (χ0v) is 21.0.